The van der Waals surface area contributed by atoms with Crippen molar-refractivity contribution in [2.24, 2.45) is 4.99 Å². The number of benzene rings is 1. The van der Waals surface area contributed by atoms with Crippen molar-refractivity contribution in [3.8, 4) is 0 Å². The average Bonchev–Trinajstić information content (AvgIpc) is 2.68. The summed E-state index contributed by atoms with van der Waals surface area (Å²) in [6.45, 7) is 2.72. The first-order chi connectivity index (χ1) is 8.16. The summed E-state index contributed by atoms with van der Waals surface area (Å²) >= 11 is 0. The van der Waals surface area contributed by atoms with Gasteiger partial charge >= 0.3 is 0 Å². The number of aromatic nitrogens is 1. The van der Waals surface area contributed by atoms with Crippen LogP contribution in [0.2, 0.25) is 0 Å². The van der Waals surface area contributed by atoms with E-state index in [1.165, 1.54) is 6.07 Å². The zero-order valence-corrected chi connectivity index (χ0v) is 9.36. The molecule has 2 heterocycles. The molecule has 1 aromatic carbocycles. The largest absolute Gasteiger partial charge is 0.353 e. The molecule has 3 rings (SSSR count). The van der Waals surface area contributed by atoms with Gasteiger partial charge in [0.25, 0.3) is 5.69 Å². The number of hydrogen-bond acceptors (Lipinski definition) is 3. The highest BCUT2D eigenvalue weighted by Crippen LogP contribution is 2.29. The lowest BCUT2D eigenvalue weighted by molar-refractivity contribution is -0.384. The van der Waals surface area contributed by atoms with E-state index in [-0.39, 0.29) is 10.6 Å². The number of non-ortho nitro benzene ring substituents is 1. The van der Waals surface area contributed by atoms with Crippen molar-refractivity contribution in [3.63, 3.8) is 0 Å². The first-order valence-electron chi connectivity index (χ1n) is 5.47. The molecule has 0 saturated carbocycles. The zero-order valence-electron chi connectivity index (χ0n) is 9.36. The second kappa shape index (κ2) is 3.41. The Bertz CT molecular complexity index is 655. The highest BCUT2D eigenvalue weighted by molar-refractivity contribution is 6.05. The third-order valence-corrected chi connectivity index (χ3v) is 3.17. The van der Waals surface area contributed by atoms with Gasteiger partial charge in [-0.3, -0.25) is 15.1 Å². The highest BCUT2D eigenvalue weighted by atomic mass is 16.6. The van der Waals surface area contributed by atoms with Crippen molar-refractivity contribution in [1.29, 1.82) is 0 Å². The number of rotatable bonds is 1. The number of H-pyrrole nitrogens is 1. The van der Waals surface area contributed by atoms with Gasteiger partial charge in [-0.05, 0) is 25.0 Å². The quantitative estimate of drug-likeness (QED) is 0.602. The Morgan fingerprint density at radius 2 is 2.29 bits per heavy atom. The van der Waals surface area contributed by atoms with Gasteiger partial charge < -0.3 is 4.98 Å². The molecule has 1 aliphatic heterocycles. The molecular formula is C12H11N3O2. The van der Waals surface area contributed by atoms with Crippen molar-refractivity contribution in [1.82, 2.24) is 4.98 Å². The average molecular weight is 229 g/mol. The third kappa shape index (κ3) is 1.43. The second-order valence-electron chi connectivity index (χ2n) is 4.18. The number of nitrogens with zero attached hydrogens (tertiary/aromatic N) is 2. The zero-order chi connectivity index (χ0) is 12.0. The molecule has 2 aromatic rings. The van der Waals surface area contributed by atoms with Crippen molar-refractivity contribution in [2.75, 3.05) is 6.54 Å². The minimum atomic E-state index is -0.359. The number of hydrogen-bond donors (Lipinski definition) is 1. The standard InChI is InChI=1S/C12H11N3O2/c1-7-12-9(4-5-13-7)10-6-8(15(16)17)2-3-11(10)14-12/h2-3,6,14H,4-5H2,1H3. The molecule has 0 radical (unpaired) electrons. The summed E-state index contributed by atoms with van der Waals surface area (Å²) in [4.78, 5) is 18.1. The summed E-state index contributed by atoms with van der Waals surface area (Å²) in [5.41, 5.74) is 4.23. The Hall–Kier alpha value is -2.17. The van der Waals surface area contributed by atoms with Crippen LogP contribution in [0.1, 0.15) is 18.2 Å². The molecule has 1 N–H and O–H groups in total. The smallest absolute Gasteiger partial charge is 0.270 e. The molecule has 1 aliphatic rings. The molecule has 0 spiro atoms. The minimum Gasteiger partial charge on any atom is -0.353 e. The van der Waals surface area contributed by atoms with E-state index in [0.29, 0.717) is 0 Å². The van der Waals surface area contributed by atoms with Gasteiger partial charge in [-0.1, -0.05) is 0 Å². The maximum absolute atomic E-state index is 10.8. The summed E-state index contributed by atoms with van der Waals surface area (Å²) in [5.74, 6) is 0. The van der Waals surface area contributed by atoms with Gasteiger partial charge in [-0.2, -0.15) is 0 Å². The summed E-state index contributed by atoms with van der Waals surface area (Å²) in [6.07, 6.45) is 0.841. The van der Waals surface area contributed by atoms with E-state index in [9.17, 15) is 10.1 Å². The van der Waals surface area contributed by atoms with E-state index in [1.807, 2.05) is 6.92 Å². The Morgan fingerprint density at radius 3 is 3.06 bits per heavy atom. The van der Waals surface area contributed by atoms with E-state index in [0.717, 1.165) is 40.8 Å². The number of nitrogens with one attached hydrogen (secondary N) is 1. The van der Waals surface area contributed by atoms with Crippen LogP contribution in [0.3, 0.4) is 0 Å². The molecule has 0 atom stereocenters. The van der Waals surface area contributed by atoms with Gasteiger partial charge in [0, 0.05) is 29.6 Å². The Kier molecular flexibility index (Phi) is 2.01. The van der Waals surface area contributed by atoms with Crippen molar-refractivity contribution in [2.45, 2.75) is 13.3 Å². The fourth-order valence-electron chi connectivity index (χ4n) is 2.33. The molecule has 0 unspecified atom stereocenters. The van der Waals surface area contributed by atoms with E-state index in [2.05, 4.69) is 9.98 Å². The predicted molar refractivity (Wildman–Crippen MR) is 65.7 cm³/mol. The normalized spacial score (nSPS) is 14.5. The fourth-order valence-corrected chi connectivity index (χ4v) is 2.33. The van der Waals surface area contributed by atoms with Crippen molar-refractivity contribution in [3.05, 3.63) is 39.6 Å². The van der Waals surface area contributed by atoms with Gasteiger partial charge in [0.2, 0.25) is 0 Å². The number of nitro benzene ring substituents is 1. The molecule has 17 heavy (non-hydrogen) atoms. The molecule has 5 heteroatoms. The molecule has 0 amide bonds. The van der Waals surface area contributed by atoms with Crippen LogP contribution in [-0.4, -0.2) is 22.2 Å². The van der Waals surface area contributed by atoms with E-state index in [4.69, 9.17) is 0 Å². The summed E-state index contributed by atoms with van der Waals surface area (Å²) in [6, 6.07) is 4.93. The van der Waals surface area contributed by atoms with Gasteiger partial charge in [-0.25, -0.2) is 0 Å². The maximum atomic E-state index is 10.8. The number of nitro groups is 1. The highest BCUT2D eigenvalue weighted by Gasteiger charge is 2.18. The maximum Gasteiger partial charge on any atom is 0.270 e. The van der Waals surface area contributed by atoms with Crippen LogP contribution in [-0.2, 0) is 6.42 Å². The van der Waals surface area contributed by atoms with Crippen LogP contribution in [0, 0.1) is 10.1 Å². The molecule has 0 saturated heterocycles. The van der Waals surface area contributed by atoms with E-state index >= 15 is 0 Å². The molecule has 0 fully saturated rings. The second-order valence-corrected chi connectivity index (χ2v) is 4.18. The first kappa shape index (κ1) is 10.0. The van der Waals surface area contributed by atoms with Crippen molar-refractivity contribution >= 4 is 22.3 Å². The Morgan fingerprint density at radius 1 is 1.47 bits per heavy atom. The lowest BCUT2D eigenvalue weighted by Gasteiger charge is -2.08. The SMILES string of the molecule is CC1=NCCc2c1[nH]c1ccc([N+](=O)[O-])cc21. The fraction of sp³-hybridized carbons (Fsp3) is 0.250. The molecule has 0 bridgehead atoms. The Balaban J connectivity index is 2.30. The van der Waals surface area contributed by atoms with Gasteiger partial charge in [0.05, 0.1) is 16.3 Å². The molecule has 5 nitrogen and oxygen atoms in total. The molecule has 86 valence electrons. The molecular weight excluding hydrogens is 218 g/mol. The van der Waals surface area contributed by atoms with Crippen LogP contribution < -0.4 is 0 Å². The monoisotopic (exact) mass is 229 g/mol. The van der Waals surface area contributed by atoms with Crippen LogP contribution in [0.15, 0.2) is 23.2 Å². The molecule has 0 aliphatic carbocycles. The number of aromatic amines is 1. The van der Waals surface area contributed by atoms with Gasteiger partial charge in [0.15, 0.2) is 0 Å². The third-order valence-electron chi connectivity index (χ3n) is 3.17. The summed E-state index contributed by atoms with van der Waals surface area (Å²) in [5, 5.41) is 11.7. The lowest BCUT2D eigenvalue weighted by Crippen LogP contribution is -2.08. The number of fused-ring (bicyclic) bond motifs is 3. The van der Waals surface area contributed by atoms with Crippen LogP contribution in [0.25, 0.3) is 10.9 Å². The molecule has 1 aromatic heterocycles. The van der Waals surface area contributed by atoms with E-state index in [1.54, 1.807) is 12.1 Å². The van der Waals surface area contributed by atoms with Crippen molar-refractivity contribution < 1.29 is 4.92 Å². The summed E-state index contributed by atoms with van der Waals surface area (Å²) < 4.78 is 0. The van der Waals surface area contributed by atoms with Gasteiger partial charge in [0.1, 0.15) is 0 Å². The minimum absolute atomic E-state index is 0.138. The van der Waals surface area contributed by atoms with Crippen LogP contribution >= 0.6 is 0 Å². The Labute approximate surface area is 97.3 Å². The lowest BCUT2D eigenvalue weighted by atomic mass is 10.0. The van der Waals surface area contributed by atoms with Gasteiger partial charge in [-0.15, -0.1) is 0 Å². The number of aliphatic imine (C=N–C) groups is 1. The van der Waals surface area contributed by atoms with Crippen LogP contribution in [0.4, 0.5) is 5.69 Å². The predicted octanol–water partition coefficient (Wildman–Crippen LogP) is 2.44. The first-order valence-corrected chi connectivity index (χ1v) is 5.47. The topological polar surface area (TPSA) is 71.3 Å². The summed E-state index contributed by atoms with van der Waals surface area (Å²) in [7, 11) is 0. The van der Waals surface area contributed by atoms with Crippen LogP contribution in [0.5, 0.6) is 0 Å². The van der Waals surface area contributed by atoms with E-state index < -0.39 is 0 Å².